The maximum Gasteiger partial charge on any atom is 0.179 e. The second-order valence-corrected chi connectivity index (χ2v) is 3.81. The first-order valence-electron chi connectivity index (χ1n) is 5.09. The summed E-state index contributed by atoms with van der Waals surface area (Å²) in [5.74, 6) is -0.0362. The quantitative estimate of drug-likeness (QED) is 0.721. The molecule has 82 valence electrons. The van der Waals surface area contributed by atoms with Gasteiger partial charge in [-0.1, -0.05) is 17.3 Å². The number of aromatic nitrogens is 3. The number of benzene rings is 1. The molecular weight excluding hydrogens is 202 g/mol. The van der Waals surface area contributed by atoms with Gasteiger partial charge < -0.3 is 0 Å². The fraction of sp³-hybridized carbons (Fsp3) is 0.250. The van der Waals surface area contributed by atoms with E-state index in [9.17, 15) is 4.79 Å². The molecule has 0 fully saturated rings. The van der Waals surface area contributed by atoms with E-state index in [1.54, 1.807) is 4.68 Å². The summed E-state index contributed by atoms with van der Waals surface area (Å²) in [4.78, 5) is 11.4. The van der Waals surface area contributed by atoms with Crippen molar-refractivity contribution in [2.75, 3.05) is 0 Å². The summed E-state index contributed by atoms with van der Waals surface area (Å²) in [6.07, 6.45) is 1.49. The third kappa shape index (κ3) is 1.62. The van der Waals surface area contributed by atoms with E-state index in [1.807, 2.05) is 32.0 Å². The zero-order chi connectivity index (χ0) is 11.7. The lowest BCUT2D eigenvalue weighted by Gasteiger charge is -2.09. The fourth-order valence-corrected chi connectivity index (χ4v) is 1.62. The SMILES string of the molecule is CC(=O)c1cnnn1-c1cccc(C)c1C. The van der Waals surface area contributed by atoms with Gasteiger partial charge in [-0.2, -0.15) is 0 Å². The van der Waals surface area contributed by atoms with Gasteiger partial charge in [-0.15, -0.1) is 5.10 Å². The van der Waals surface area contributed by atoms with Crippen LogP contribution in [0.5, 0.6) is 0 Å². The summed E-state index contributed by atoms with van der Waals surface area (Å²) in [5.41, 5.74) is 3.69. The van der Waals surface area contributed by atoms with E-state index < -0.39 is 0 Å². The molecule has 0 amide bonds. The van der Waals surface area contributed by atoms with Gasteiger partial charge in [0.25, 0.3) is 0 Å². The summed E-state index contributed by atoms with van der Waals surface area (Å²) in [6, 6.07) is 5.91. The summed E-state index contributed by atoms with van der Waals surface area (Å²) >= 11 is 0. The van der Waals surface area contributed by atoms with Crippen LogP contribution >= 0.6 is 0 Å². The van der Waals surface area contributed by atoms with Crippen molar-refractivity contribution in [3.8, 4) is 5.69 Å². The highest BCUT2D eigenvalue weighted by molar-refractivity contribution is 5.92. The van der Waals surface area contributed by atoms with Gasteiger partial charge in [0.15, 0.2) is 5.78 Å². The molecule has 16 heavy (non-hydrogen) atoms. The van der Waals surface area contributed by atoms with Crippen LogP contribution in [0.1, 0.15) is 28.5 Å². The van der Waals surface area contributed by atoms with E-state index in [2.05, 4.69) is 10.3 Å². The van der Waals surface area contributed by atoms with Crippen LogP contribution in [-0.2, 0) is 0 Å². The molecule has 1 heterocycles. The third-order valence-electron chi connectivity index (χ3n) is 2.71. The molecule has 0 radical (unpaired) electrons. The Balaban J connectivity index is 2.63. The minimum absolute atomic E-state index is 0.0362. The van der Waals surface area contributed by atoms with E-state index in [1.165, 1.54) is 18.7 Å². The molecule has 0 bridgehead atoms. The second-order valence-electron chi connectivity index (χ2n) is 3.81. The Labute approximate surface area is 93.9 Å². The minimum atomic E-state index is -0.0362. The average molecular weight is 215 g/mol. The number of aryl methyl sites for hydroxylation is 1. The summed E-state index contributed by atoms with van der Waals surface area (Å²) < 4.78 is 1.59. The Morgan fingerprint density at radius 3 is 2.75 bits per heavy atom. The highest BCUT2D eigenvalue weighted by Crippen LogP contribution is 2.17. The van der Waals surface area contributed by atoms with Gasteiger partial charge >= 0.3 is 0 Å². The predicted molar refractivity (Wildman–Crippen MR) is 60.8 cm³/mol. The van der Waals surface area contributed by atoms with E-state index in [-0.39, 0.29) is 5.78 Å². The number of Topliss-reactive ketones (excluding diaryl/α,β-unsaturated/α-hetero) is 1. The molecule has 2 aromatic rings. The monoisotopic (exact) mass is 215 g/mol. The van der Waals surface area contributed by atoms with Crippen molar-refractivity contribution in [2.24, 2.45) is 0 Å². The first-order valence-corrected chi connectivity index (χ1v) is 5.09. The first-order chi connectivity index (χ1) is 7.61. The number of rotatable bonds is 2. The van der Waals surface area contributed by atoms with E-state index >= 15 is 0 Å². The maximum atomic E-state index is 11.4. The Morgan fingerprint density at radius 2 is 2.06 bits per heavy atom. The Kier molecular flexibility index (Phi) is 2.56. The van der Waals surface area contributed by atoms with Gasteiger partial charge in [0.05, 0.1) is 11.9 Å². The van der Waals surface area contributed by atoms with Crippen molar-refractivity contribution in [1.29, 1.82) is 0 Å². The molecule has 0 saturated heterocycles. The molecule has 1 aromatic heterocycles. The van der Waals surface area contributed by atoms with Crippen molar-refractivity contribution in [1.82, 2.24) is 15.0 Å². The summed E-state index contributed by atoms with van der Waals surface area (Å²) in [7, 11) is 0. The summed E-state index contributed by atoms with van der Waals surface area (Å²) in [5, 5.41) is 7.74. The van der Waals surface area contributed by atoms with Gasteiger partial charge in [-0.05, 0) is 31.0 Å². The molecule has 1 aromatic carbocycles. The Bertz CT molecular complexity index is 543. The van der Waals surface area contributed by atoms with Crippen LogP contribution in [0.3, 0.4) is 0 Å². The molecular formula is C12H13N3O. The number of hydrogen-bond acceptors (Lipinski definition) is 3. The van der Waals surface area contributed by atoms with Crippen LogP contribution < -0.4 is 0 Å². The molecule has 0 spiro atoms. The molecule has 0 aliphatic heterocycles. The standard InChI is InChI=1S/C12H13N3O/c1-8-5-4-6-11(9(8)2)15-12(10(3)16)7-13-14-15/h4-7H,1-3H3. The number of carbonyl (C=O) groups is 1. The van der Waals surface area contributed by atoms with E-state index in [0.29, 0.717) is 5.69 Å². The summed E-state index contributed by atoms with van der Waals surface area (Å²) in [6.45, 7) is 5.56. The van der Waals surface area contributed by atoms with Crippen LogP contribution in [0.25, 0.3) is 5.69 Å². The van der Waals surface area contributed by atoms with Crippen LogP contribution in [0.4, 0.5) is 0 Å². The third-order valence-corrected chi connectivity index (χ3v) is 2.71. The normalized spacial score (nSPS) is 10.4. The van der Waals surface area contributed by atoms with Gasteiger partial charge in [-0.3, -0.25) is 4.79 Å². The maximum absolute atomic E-state index is 11.4. The van der Waals surface area contributed by atoms with E-state index in [0.717, 1.165) is 11.3 Å². The Morgan fingerprint density at radius 1 is 1.31 bits per heavy atom. The molecule has 0 aliphatic rings. The number of carbonyl (C=O) groups excluding carboxylic acids is 1. The molecule has 0 atom stereocenters. The number of nitrogens with zero attached hydrogens (tertiary/aromatic N) is 3. The van der Waals surface area contributed by atoms with Crippen LogP contribution in [0.15, 0.2) is 24.4 Å². The van der Waals surface area contributed by atoms with Crippen molar-refractivity contribution >= 4 is 5.78 Å². The van der Waals surface area contributed by atoms with Crippen LogP contribution in [0.2, 0.25) is 0 Å². The topological polar surface area (TPSA) is 47.8 Å². The number of ketones is 1. The molecule has 0 aliphatic carbocycles. The van der Waals surface area contributed by atoms with Crippen LogP contribution in [-0.4, -0.2) is 20.8 Å². The lowest BCUT2D eigenvalue weighted by atomic mass is 10.1. The van der Waals surface area contributed by atoms with Crippen molar-refractivity contribution in [2.45, 2.75) is 20.8 Å². The van der Waals surface area contributed by atoms with Crippen molar-refractivity contribution in [3.63, 3.8) is 0 Å². The highest BCUT2D eigenvalue weighted by atomic mass is 16.1. The minimum Gasteiger partial charge on any atom is -0.293 e. The van der Waals surface area contributed by atoms with E-state index in [4.69, 9.17) is 0 Å². The van der Waals surface area contributed by atoms with Gasteiger partial charge in [0.2, 0.25) is 0 Å². The predicted octanol–water partition coefficient (Wildman–Crippen LogP) is 2.09. The second kappa shape index (κ2) is 3.89. The molecule has 2 rings (SSSR count). The lowest BCUT2D eigenvalue weighted by Crippen LogP contribution is -2.08. The molecule has 4 nitrogen and oxygen atoms in total. The van der Waals surface area contributed by atoms with Gasteiger partial charge in [0.1, 0.15) is 5.69 Å². The molecule has 4 heteroatoms. The van der Waals surface area contributed by atoms with Crippen molar-refractivity contribution in [3.05, 3.63) is 41.2 Å². The van der Waals surface area contributed by atoms with Gasteiger partial charge in [-0.25, -0.2) is 4.68 Å². The van der Waals surface area contributed by atoms with Crippen molar-refractivity contribution < 1.29 is 4.79 Å². The lowest BCUT2D eigenvalue weighted by molar-refractivity contribution is 0.101. The average Bonchev–Trinajstić information content (AvgIpc) is 2.70. The molecule has 0 N–H and O–H groups in total. The highest BCUT2D eigenvalue weighted by Gasteiger charge is 2.12. The molecule has 0 saturated carbocycles. The fourth-order valence-electron chi connectivity index (χ4n) is 1.62. The first kappa shape index (κ1) is 10.5. The van der Waals surface area contributed by atoms with Gasteiger partial charge in [0, 0.05) is 6.92 Å². The Hall–Kier alpha value is -1.97. The number of hydrogen-bond donors (Lipinski definition) is 0. The van der Waals surface area contributed by atoms with Crippen LogP contribution in [0, 0.1) is 13.8 Å². The molecule has 0 unspecified atom stereocenters. The largest absolute Gasteiger partial charge is 0.293 e. The zero-order valence-electron chi connectivity index (χ0n) is 9.56. The smallest absolute Gasteiger partial charge is 0.179 e. The zero-order valence-corrected chi connectivity index (χ0v) is 9.56.